The molecule has 0 amide bonds. The molecule has 2 aromatic heterocycles. The first kappa shape index (κ1) is 17.2. The van der Waals surface area contributed by atoms with Crippen LogP contribution in [0.4, 0.5) is 0 Å². The number of carbonyl (C=O) groups is 1. The van der Waals surface area contributed by atoms with E-state index in [4.69, 9.17) is 21.4 Å². The second kappa shape index (κ2) is 7.21. The zero-order chi connectivity index (χ0) is 18.8. The van der Waals surface area contributed by atoms with E-state index < -0.39 is 5.97 Å². The summed E-state index contributed by atoms with van der Waals surface area (Å²) < 4.78 is 6.86. The first-order valence-corrected chi connectivity index (χ1v) is 8.93. The number of nitrogens with zero attached hydrogens (tertiary/aromatic N) is 3. The molecule has 0 saturated heterocycles. The summed E-state index contributed by atoms with van der Waals surface area (Å²) in [5, 5.41) is 5.34. The van der Waals surface area contributed by atoms with Gasteiger partial charge in [0.25, 0.3) is 0 Å². The molecule has 0 aliphatic rings. The lowest BCUT2D eigenvalue weighted by atomic mass is 10.1. The summed E-state index contributed by atoms with van der Waals surface area (Å²) in [6, 6.07) is 20.7. The normalized spacial score (nSPS) is 10.9. The smallest absolute Gasteiger partial charge is 0.357 e. The van der Waals surface area contributed by atoms with Crippen LogP contribution in [0, 0.1) is 0 Å². The molecule has 0 aliphatic heterocycles. The molecule has 0 saturated carbocycles. The maximum absolute atomic E-state index is 12.3. The Morgan fingerprint density at radius 2 is 1.78 bits per heavy atom. The van der Waals surface area contributed by atoms with Crippen LogP contribution in [-0.2, 0) is 4.74 Å². The number of esters is 1. The molecule has 27 heavy (non-hydrogen) atoms. The predicted molar refractivity (Wildman–Crippen MR) is 105 cm³/mol. The lowest BCUT2D eigenvalue weighted by Crippen LogP contribution is -2.09. The number of hydrogen-bond acceptors (Lipinski definition) is 4. The third kappa shape index (κ3) is 3.41. The number of rotatable bonds is 4. The molecule has 0 atom stereocenters. The van der Waals surface area contributed by atoms with E-state index >= 15 is 0 Å². The van der Waals surface area contributed by atoms with E-state index in [0.717, 1.165) is 22.5 Å². The van der Waals surface area contributed by atoms with Gasteiger partial charge in [0.1, 0.15) is 0 Å². The summed E-state index contributed by atoms with van der Waals surface area (Å²) in [4.78, 5) is 16.7. The molecule has 4 rings (SSSR count). The number of benzene rings is 2. The molecule has 134 valence electrons. The fraction of sp³-hybridized carbons (Fsp3) is 0.0952. The minimum Gasteiger partial charge on any atom is -0.461 e. The van der Waals surface area contributed by atoms with Crippen molar-refractivity contribution in [1.82, 2.24) is 14.6 Å². The molecule has 6 heteroatoms. The maximum atomic E-state index is 12.3. The molecule has 5 nitrogen and oxygen atoms in total. The van der Waals surface area contributed by atoms with Crippen LogP contribution in [0.25, 0.3) is 28.2 Å². The van der Waals surface area contributed by atoms with Gasteiger partial charge < -0.3 is 4.74 Å². The minimum atomic E-state index is -0.460. The van der Waals surface area contributed by atoms with Crippen LogP contribution in [0.5, 0.6) is 0 Å². The van der Waals surface area contributed by atoms with Crippen LogP contribution in [0.1, 0.15) is 17.4 Å². The van der Waals surface area contributed by atoms with Gasteiger partial charge in [0, 0.05) is 22.2 Å². The van der Waals surface area contributed by atoms with Crippen LogP contribution in [0.15, 0.2) is 66.7 Å². The van der Waals surface area contributed by atoms with Crippen LogP contribution < -0.4 is 0 Å². The van der Waals surface area contributed by atoms with Gasteiger partial charge in [-0.25, -0.2) is 14.3 Å². The van der Waals surface area contributed by atoms with E-state index in [1.54, 1.807) is 29.6 Å². The molecule has 0 fully saturated rings. The molecular formula is C21H16ClN3O2. The Hall–Kier alpha value is -3.18. The first-order valence-electron chi connectivity index (χ1n) is 8.55. The Kier molecular flexibility index (Phi) is 4.60. The first-order chi connectivity index (χ1) is 13.2. The Bertz CT molecular complexity index is 1110. The van der Waals surface area contributed by atoms with Crippen molar-refractivity contribution in [2.75, 3.05) is 6.61 Å². The third-order valence-corrected chi connectivity index (χ3v) is 4.37. The van der Waals surface area contributed by atoms with Gasteiger partial charge in [-0.2, -0.15) is 5.10 Å². The monoisotopic (exact) mass is 377 g/mol. The Morgan fingerprint density at radius 1 is 1.04 bits per heavy atom. The predicted octanol–water partition coefficient (Wildman–Crippen LogP) is 4.89. The van der Waals surface area contributed by atoms with E-state index in [0.29, 0.717) is 10.7 Å². The van der Waals surface area contributed by atoms with Gasteiger partial charge >= 0.3 is 5.97 Å². The molecule has 4 aromatic rings. The van der Waals surface area contributed by atoms with Crippen molar-refractivity contribution >= 4 is 23.2 Å². The molecular weight excluding hydrogens is 362 g/mol. The zero-order valence-electron chi connectivity index (χ0n) is 14.6. The molecule has 0 N–H and O–H groups in total. The number of halogens is 1. The van der Waals surface area contributed by atoms with Gasteiger partial charge in [-0.1, -0.05) is 54.1 Å². The minimum absolute atomic E-state index is 0.244. The molecule has 0 radical (unpaired) electrons. The Balaban J connectivity index is 1.93. The molecule has 0 aliphatic carbocycles. The zero-order valence-corrected chi connectivity index (χ0v) is 15.3. The molecule has 0 unspecified atom stereocenters. The highest BCUT2D eigenvalue weighted by Gasteiger charge is 2.17. The fourth-order valence-electron chi connectivity index (χ4n) is 2.86. The van der Waals surface area contributed by atoms with Crippen molar-refractivity contribution in [2.45, 2.75) is 6.92 Å². The summed E-state index contributed by atoms with van der Waals surface area (Å²) in [7, 11) is 0. The van der Waals surface area contributed by atoms with Crippen molar-refractivity contribution < 1.29 is 9.53 Å². The fourth-order valence-corrected chi connectivity index (χ4v) is 2.99. The largest absolute Gasteiger partial charge is 0.461 e. The van der Waals surface area contributed by atoms with Crippen LogP contribution in [0.2, 0.25) is 5.02 Å². The second-order valence-corrected chi connectivity index (χ2v) is 6.36. The Labute approximate surface area is 161 Å². The van der Waals surface area contributed by atoms with Crippen molar-refractivity contribution in [3.63, 3.8) is 0 Å². The summed E-state index contributed by atoms with van der Waals surface area (Å²) in [6.45, 7) is 2.05. The van der Waals surface area contributed by atoms with Crippen molar-refractivity contribution in [1.29, 1.82) is 0 Å². The lowest BCUT2D eigenvalue weighted by Gasteiger charge is -2.08. The molecule has 0 bridgehead atoms. The van der Waals surface area contributed by atoms with Crippen LogP contribution >= 0.6 is 11.6 Å². The summed E-state index contributed by atoms with van der Waals surface area (Å²) in [6.07, 6.45) is 0. The van der Waals surface area contributed by atoms with Gasteiger partial charge in [-0.15, -0.1) is 0 Å². The number of carbonyl (C=O) groups excluding carboxylic acids is 1. The number of fused-ring (bicyclic) bond motifs is 1. The molecule has 2 heterocycles. The van der Waals surface area contributed by atoms with Gasteiger partial charge in [0.2, 0.25) is 0 Å². The Morgan fingerprint density at radius 3 is 2.48 bits per heavy atom. The van der Waals surface area contributed by atoms with Gasteiger partial charge in [0.05, 0.1) is 18.0 Å². The van der Waals surface area contributed by atoms with Crippen LogP contribution in [-0.4, -0.2) is 27.2 Å². The summed E-state index contributed by atoms with van der Waals surface area (Å²) >= 11 is 6.02. The van der Waals surface area contributed by atoms with Gasteiger partial charge in [-0.3, -0.25) is 0 Å². The average molecular weight is 378 g/mol. The van der Waals surface area contributed by atoms with E-state index in [1.807, 2.05) is 48.5 Å². The SMILES string of the molecule is CCOC(=O)c1cc(-c2ccc(Cl)cc2)n2nc(-c3ccccc3)cc2n1. The van der Waals surface area contributed by atoms with E-state index in [-0.39, 0.29) is 12.3 Å². The second-order valence-electron chi connectivity index (χ2n) is 5.92. The summed E-state index contributed by atoms with van der Waals surface area (Å²) in [5.41, 5.74) is 4.18. The standard InChI is InChI=1S/C21H16ClN3O2/c1-2-27-21(26)18-12-19(15-8-10-16(22)11-9-15)25-20(23-18)13-17(24-25)14-6-4-3-5-7-14/h3-13H,2H2,1H3. The highest BCUT2D eigenvalue weighted by molar-refractivity contribution is 6.30. The maximum Gasteiger partial charge on any atom is 0.357 e. The lowest BCUT2D eigenvalue weighted by molar-refractivity contribution is 0.0519. The molecule has 2 aromatic carbocycles. The highest BCUT2D eigenvalue weighted by atomic mass is 35.5. The van der Waals surface area contributed by atoms with Crippen molar-refractivity contribution in [3.8, 4) is 22.5 Å². The quantitative estimate of drug-likeness (QED) is 0.475. The van der Waals surface area contributed by atoms with E-state index in [1.165, 1.54) is 0 Å². The highest BCUT2D eigenvalue weighted by Crippen LogP contribution is 2.26. The van der Waals surface area contributed by atoms with Gasteiger partial charge in [-0.05, 0) is 25.1 Å². The van der Waals surface area contributed by atoms with Gasteiger partial charge in [0.15, 0.2) is 11.3 Å². The van der Waals surface area contributed by atoms with E-state index in [2.05, 4.69) is 4.98 Å². The topological polar surface area (TPSA) is 56.5 Å². The molecule has 0 spiro atoms. The van der Waals surface area contributed by atoms with E-state index in [9.17, 15) is 4.79 Å². The number of aromatic nitrogens is 3. The average Bonchev–Trinajstić information content (AvgIpc) is 3.13. The van der Waals surface area contributed by atoms with Crippen molar-refractivity contribution in [3.05, 3.63) is 77.4 Å². The van der Waals surface area contributed by atoms with Crippen molar-refractivity contribution in [2.24, 2.45) is 0 Å². The van der Waals surface area contributed by atoms with Crippen LogP contribution in [0.3, 0.4) is 0 Å². The third-order valence-electron chi connectivity index (χ3n) is 4.12. The summed E-state index contributed by atoms with van der Waals surface area (Å²) in [5.74, 6) is -0.460. The number of ether oxygens (including phenoxy) is 1. The number of hydrogen-bond donors (Lipinski definition) is 0.